The minimum atomic E-state index is -1.07. The van der Waals surface area contributed by atoms with E-state index in [0.29, 0.717) is 28.6 Å². The summed E-state index contributed by atoms with van der Waals surface area (Å²) in [4.78, 5) is 16.1. The van der Waals surface area contributed by atoms with E-state index in [1.807, 2.05) is 0 Å². The number of aromatic nitrogens is 3. The molecule has 0 spiro atoms. The van der Waals surface area contributed by atoms with Crippen LogP contribution >= 0.6 is 11.8 Å². The highest BCUT2D eigenvalue weighted by molar-refractivity contribution is 8.04. The maximum absolute atomic E-state index is 11.7. The maximum atomic E-state index is 11.7. The summed E-state index contributed by atoms with van der Waals surface area (Å²) in [5.74, 6) is 1.31. The molecule has 29 heavy (non-hydrogen) atoms. The number of carbonyl (C=O) groups is 1. The highest BCUT2D eigenvalue weighted by Gasteiger charge is 2.15. The molecule has 0 atom stereocenters. The minimum absolute atomic E-state index is 0.0870. The van der Waals surface area contributed by atoms with Crippen molar-refractivity contribution in [1.82, 2.24) is 15.2 Å². The van der Waals surface area contributed by atoms with Crippen LogP contribution in [0.3, 0.4) is 0 Å². The van der Waals surface area contributed by atoms with Gasteiger partial charge in [-0.3, -0.25) is 5.10 Å². The Balaban J connectivity index is 1.85. The van der Waals surface area contributed by atoms with Crippen LogP contribution in [0.4, 0.5) is 0 Å². The zero-order chi connectivity index (χ0) is 20.8. The van der Waals surface area contributed by atoms with E-state index in [2.05, 4.69) is 15.2 Å². The number of carboxylic acid groups (broad SMARTS) is 1. The molecule has 0 radical (unpaired) electrons. The van der Waals surface area contributed by atoms with E-state index in [9.17, 15) is 9.90 Å². The van der Waals surface area contributed by atoms with Crippen molar-refractivity contribution in [2.24, 2.45) is 0 Å². The monoisotopic (exact) mass is 413 g/mol. The highest BCUT2D eigenvalue weighted by Crippen LogP contribution is 2.31. The molecule has 2 N–H and O–H groups in total. The molecule has 1 aromatic heterocycles. The smallest absolute Gasteiger partial charge is 0.342 e. The van der Waals surface area contributed by atoms with Gasteiger partial charge in [-0.25, -0.2) is 9.78 Å². The van der Waals surface area contributed by atoms with E-state index in [4.69, 9.17) is 14.2 Å². The lowest BCUT2D eigenvalue weighted by molar-refractivity contribution is -0.131. The fourth-order valence-electron chi connectivity index (χ4n) is 2.45. The quantitative estimate of drug-likeness (QED) is 0.425. The molecule has 0 fully saturated rings. The molecule has 0 bridgehead atoms. The molecule has 0 aliphatic heterocycles. The normalized spacial score (nSPS) is 11.2. The number of aromatic amines is 1. The van der Waals surface area contributed by atoms with Gasteiger partial charge < -0.3 is 19.3 Å². The third kappa shape index (κ3) is 5.08. The molecule has 150 valence electrons. The average Bonchev–Trinajstić information content (AvgIpc) is 3.22. The molecule has 0 amide bonds. The van der Waals surface area contributed by atoms with Crippen LogP contribution in [0, 0.1) is 0 Å². The second kappa shape index (κ2) is 9.16. The molecule has 2 aromatic carbocycles. The number of hydrogen-bond acceptors (Lipinski definition) is 7. The van der Waals surface area contributed by atoms with Crippen molar-refractivity contribution >= 4 is 23.8 Å². The summed E-state index contributed by atoms with van der Waals surface area (Å²) >= 11 is 0.951. The van der Waals surface area contributed by atoms with Gasteiger partial charge in [0.05, 0.1) is 21.3 Å². The van der Waals surface area contributed by atoms with Gasteiger partial charge in [-0.05, 0) is 47.7 Å². The SMILES string of the molecule is COc1ccc(/C=C(/Sc2n[nH]c(-c3cc(OC)cc(OC)c3)n2)C(=O)O)cc1. The van der Waals surface area contributed by atoms with E-state index in [1.165, 1.54) is 0 Å². The fraction of sp³-hybridized carbons (Fsp3) is 0.150. The van der Waals surface area contributed by atoms with Gasteiger partial charge in [0, 0.05) is 11.6 Å². The van der Waals surface area contributed by atoms with Crippen molar-refractivity contribution in [3.05, 3.63) is 52.9 Å². The average molecular weight is 413 g/mol. The zero-order valence-electron chi connectivity index (χ0n) is 16.0. The van der Waals surface area contributed by atoms with Gasteiger partial charge >= 0.3 is 5.97 Å². The van der Waals surface area contributed by atoms with Crippen LogP contribution in [0.25, 0.3) is 17.5 Å². The summed E-state index contributed by atoms with van der Waals surface area (Å²) in [6.45, 7) is 0. The Morgan fingerprint density at radius 2 is 1.62 bits per heavy atom. The number of thioether (sulfide) groups is 1. The first-order chi connectivity index (χ1) is 14.0. The molecule has 0 aliphatic rings. The van der Waals surface area contributed by atoms with Gasteiger partial charge in [-0.1, -0.05) is 12.1 Å². The summed E-state index contributed by atoms with van der Waals surface area (Å²) in [5, 5.41) is 16.8. The summed E-state index contributed by atoms with van der Waals surface area (Å²) in [6.07, 6.45) is 1.55. The number of aliphatic carboxylic acids is 1. The van der Waals surface area contributed by atoms with Crippen LogP contribution in [-0.4, -0.2) is 47.6 Å². The van der Waals surface area contributed by atoms with Crippen molar-refractivity contribution in [3.63, 3.8) is 0 Å². The highest BCUT2D eigenvalue weighted by atomic mass is 32.2. The number of benzene rings is 2. The molecule has 8 nitrogen and oxygen atoms in total. The third-order valence-electron chi connectivity index (χ3n) is 3.92. The number of nitrogens with one attached hydrogen (secondary N) is 1. The molecular formula is C20H19N3O5S. The number of nitrogens with zero attached hydrogens (tertiary/aromatic N) is 2. The molecule has 1 heterocycles. The van der Waals surface area contributed by atoms with Gasteiger partial charge in [0.2, 0.25) is 5.16 Å². The van der Waals surface area contributed by atoms with Crippen LogP contribution in [0.1, 0.15) is 5.56 Å². The van der Waals surface area contributed by atoms with E-state index in [1.54, 1.807) is 69.9 Å². The zero-order valence-corrected chi connectivity index (χ0v) is 16.8. The standard InChI is InChI=1S/C20H19N3O5S/c1-26-14-6-4-12(5-7-14)8-17(19(24)25)29-20-21-18(22-23-20)13-9-15(27-2)11-16(10-13)28-3/h4-11H,1-3H3,(H,24,25)(H,21,22,23)/b17-8+. The number of H-pyrrole nitrogens is 1. The Labute approximate surface area is 171 Å². The van der Waals surface area contributed by atoms with Crippen LogP contribution in [0.15, 0.2) is 52.5 Å². The van der Waals surface area contributed by atoms with Crippen molar-refractivity contribution < 1.29 is 24.1 Å². The van der Waals surface area contributed by atoms with Crippen LogP contribution in [-0.2, 0) is 4.79 Å². The predicted octanol–water partition coefficient (Wildman–Crippen LogP) is 3.72. The van der Waals surface area contributed by atoms with Gasteiger partial charge in [0.1, 0.15) is 22.2 Å². The van der Waals surface area contributed by atoms with E-state index < -0.39 is 5.97 Å². The first-order valence-electron chi connectivity index (χ1n) is 8.45. The van der Waals surface area contributed by atoms with Gasteiger partial charge in [-0.2, -0.15) is 0 Å². The minimum Gasteiger partial charge on any atom is -0.497 e. The van der Waals surface area contributed by atoms with Crippen LogP contribution in [0.2, 0.25) is 0 Å². The molecule has 9 heteroatoms. The first kappa shape index (κ1) is 20.3. The van der Waals surface area contributed by atoms with E-state index in [0.717, 1.165) is 17.3 Å². The van der Waals surface area contributed by atoms with Crippen molar-refractivity contribution in [2.45, 2.75) is 5.16 Å². The predicted molar refractivity (Wildman–Crippen MR) is 109 cm³/mol. The summed E-state index contributed by atoms with van der Waals surface area (Å²) in [5.41, 5.74) is 1.43. The number of methoxy groups -OCH3 is 3. The van der Waals surface area contributed by atoms with E-state index >= 15 is 0 Å². The number of rotatable bonds is 8. The van der Waals surface area contributed by atoms with Crippen molar-refractivity contribution in [1.29, 1.82) is 0 Å². The molecule has 3 rings (SSSR count). The second-order valence-electron chi connectivity index (χ2n) is 5.76. The van der Waals surface area contributed by atoms with Gasteiger partial charge in [0.15, 0.2) is 5.82 Å². The Bertz CT molecular complexity index is 1010. The second-order valence-corrected chi connectivity index (χ2v) is 6.77. The van der Waals surface area contributed by atoms with Crippen LogP contribution < -0.4 is 14.2 Å². The molecule has 3 aromatic rings. The molecule has 0 unspecified atom stereocenters. The first-order valence-corrected chi connectivity index (χ1v) is 9.26. The molecule has 0 saturated heterocycles. The number of carboxylic acids is 1. The largest absolute Gasteiger partial charge is 0.497 e. The Hall–Kier alpha value is -3.46. The van der Waals surface area contributed by atoms with Crippen molar-refractivity contribution in [3.8, 4) is 28.6 Å². The van der Waals surface area contributed by atoms with Gasteiger partial charge in [0.25, 0.3) is 0 Å². The maximum Gasteiger partial charge on any atom is 0.342 e. The number of ether oxygens (including phenoxy) is 3. The lowest BCUT2D eigenvalue weighted by atomic mass is 10.2. The van der Waals surface area contributed by atoms with E-state index in [-0.39, 0.29) is 10.1 Å². The lowest BCUT2D eigenvalue weighted by Crippen LogP contribution is -1.97. The summed E-state index contributed by atoms with van der Waals surface area (Å²) in [6, 6.07) is 12.4. The Kier molecular flexibility index (Phi) is 6.40. The van der Waals surface area contributed by atoms with Crippen molar-refractivity contribution in [2.75, 3.05) is 21.3 Å². The lowest BCUT2D eigenvalue weighted by Gasteiger charge is -2.06. The molecular weight excluding hydrogens is 394 g/mol. The fourth-order valence-corrected chi connectivity index (χ4v) is 3.16. The summed E-state index contributed by atoms with van der Waals surface area (Å²) < 4.78 is 15.6. The Morgan fingerprint density at radius 3 is 2.17 bits per heavy atom. The molecule has 0 aliphatic carbocycles. The Morgan fingerprint density at radius 1 is 1.00 bits per heavy atom. The van der Waals surface area contributed by atoms with Crippen LogP contribution in [0.5, 0.6) is 17.2 Å². The topological polar surface area (TPSA) is 107 Å². The number of hydrogen-bond donors (Lipinski definition) is 2. The summed E-state index contributed by atoms with van der Waals surface area (Å²) in [7, 11) is 4.69. The molecule has 0 saturated carbocycles. The third-order valence-corrected chi connectivity index (χ3v) is 4.79. The van der Waals surface area contributed by atoms with Gasteiger partial charge in [-0.15, -0.1) is 5.10 Å².